The highest BCUT2D eigenvalue weighted by Gasteiger charge is 2.35. The molecule has 1 aliphatic rings. The lowest BCUT2D eigenvalue weighted by Gasteiger charge is -2.28. The van der Waals surface area contributed by atoms with Gasteiger partial charge in [0.05, 0.1) is 23.7 Å². The Hall–Kier alpha value is -3.43. The SMILES string of the molecule is COc1ccc([C@@H]2C(C(=O)OC(C)C)=C(C)Nc3ncnn32)cc1[N+](=O)[O-]. The van der Waals surface area contributed by atoms with Gasteiger partial charge in [-0.05, 0) is 32.4 Å². The first-order valence-electron chi connectivity index (χ1n) is 8.24. The standard InChI is InChI=1S/C17H19N5O5/c1-9(2)27-16(23)14-10(3)20-17-18-8-19-21(17)15(14)11-5-6-13(26-4)12(7-11)22(24)25/h5-9,15H,1-4H3,(H,18,19,20)/t15-/m1/s1. The van der Waals surface area contributed by atoms with E-state index >= 15 is 0 Å². The van der Waals surface area contributed by atoms with Gasteiger partial charge in [0.2, 0.25) is 5.95 Å². The molecular weight excluding hydrogens is 354 g/mol. The number of aromatic nitrogens is 3. The van der Waals surface area contributed by atoms with Crippen molar-refractivity contribution in [3.8, 4) is 5.75 Å². The molecule has 0 saturated carbocycles. The van der Waals surface area contributed by atoms with Gasteiger partial charge in [0.15, 0.2) is 5.75 Å². The minimum absolute atomic E-state index is 0.128. The summed E-state index contributed by atoms with van der Waals surface area (Å²) in [6.07, 6.45) is 1.03. The summed E-state index contributed by atoms with van der Waals surface area (Å²) in [5.41, 5.74) is 1.14. The molecule has 10 nitrogen and oxygen atoms in total. The van der Waals surface area contributed by atoms with Gasteiger partial charge in [-0.25, -0.2) is 9.48 Å². The van der Waals surface area contributed by atoms with E-state index in [2.05, 4.69) is 15.4 Å². The maximum absolute atomic E-state index is 12.7. The van der Waals surface area contributed by atoms with E-state index < -0.39 is 16.9 Å². The van der Waals surface area contributed by atoms with Gasteiger partial charge in [0.1, 0.15) is 12.4 Å². The molecule has 27 heavy (non-hydrogen) atoms. The second-order valence-electron chi connectivity index (χ2n) is 6.24. The smallest absolute Gasteiger partial charge is 0.338 e. The van der Waals surface area contributed by atoms with Gasteiger partial charge in [-0.1, -0.05) is 6.07 Å². The minimum Gasteiger partial charge on any atom is -0.490 e. The number of rotatable bonds is 5. The molecule has 0 bridgehead atoms. The zero-order valence-electron chi connectivity index (χ0n) is 15.3. The Morgan fingerprint density at radius 3 is 2.78 bits per heavy atom. The Bertz CT molecular complexity index is 934. The van der Waals surface area contributed by atoms with E-state index in [1.165, 1.54) is 30.3 Å². The summed E-state index contributed by atoms with van der Waals surface area (Å²) in [6.45, 7) is 5.22. The van der Waals surface area contributed by atoms with Crippen LogP contribution in [0, 0.1) is 10.1 Å². The van der Waals surface area contributed by atoms with Crippen LogP contribution in [0.1, 0.15) is 32.4 Å². The van der Waals surface area contributed by atoms with Crippen LogP contribution in [0.4, 0.5) is 11.6 Å². The number of nitrogens with zero attached hydrogens (tertiary/aromatic N) is 4. The van der Waals surface area contributed by atoms with Gasteiger partial charge in [-0.15, -0.1) is 0 Å². The highest BCUT2D eigenvalue weighted by atomic mass is 16.6. The molecular formula is C17H19N5O5. The zero-order valence-corrected chi connectivity index (χ0v) is 15.3. The fourth-order valence-corrected chi connectivity index (χ4v) is 2.96. The van der Waals surface area contributed by atoms with E-state index in [9.17, 15) is 14.9 Å². The van der Waals surface area contributed by atoms with Crippen LogP contribution in [0.3, 0.4) is 0 Å². The largest absolute Gasteiger partial charge is 0.490 e. The maximum Gasteiger partial charge on any atom is 0.338 e. The number of carbonyl (C=O) groups is 1. The highest BCUT2D eigenvalue weighted by Crippen LogP contribution is 2.38. The Balaban J connectivity index is 2.17. The van der Waals surface area contributed by atoms with Crippen molar-refractivity contribution in [2.24, 2.45) is 0 Å². The van der Waals surface area contributed by atoms with E-state index in [0.717, 1.165) is 0 Å². The molecule has 3 rings (SSSR count). The fraction of sp³-hybridized carbons (Fsp3) is 0.353. The van der Waals surface area contributed by atoms with Crippen LogP contribution in [0.5, 0.6) is 5.75 Å². The summed E-state index contributed by atoms with van der Waals surface area (Å²) < 4.78 is 11.9. The molecule has 2 heterocycles. The number of ether oxygens (including phenoxy) is 2. The fourth-order valence-electron chi connectivity index (χ4n) is 2.96. The number of nitro benzene ring substituents is 1. The summed E-state index contributed by atoms with van der Waals surface area (Å²) in [6, 6.07) is 3.80. The molecule has 0 radical (unpaired) electrons. The molecule has 0 aliphatic carbocycles. The Morgan fingerprint density at radius 2 is 2.15 bits per heavy atom. The van der Waals surface area contributed by atoms with Crippen LogP contribution in [-0.4, -0.2) is 38.9 Å². The number of nitrogens with one attached hydrogen (secondary N) is 1. The van der Waals surface area contributed by atoms with E-state index in [4.69, 9.17) is 9.47 Å². The summed E-state index contributed by atoms with van der Waals surface area (Å²) in [5.74, 6) is 0.0280. The molecule has 1 N–H and O–H groups in total. The number of fused-ring (bicyclic) bond motifs is 1. The topological polar surface area (TPSA) is 121 Å². The molecule has 1 aromatic carbocycles. The van der Waals surface area contributed by atoms with Gasteiger partial charge >= 0.3 is 11.7 Å². The molecule has 0 unspecified atom stereocenters. The van der Waals surface area contributed by atoms with Gasteiger partial charge in [-0.3, -0.25) is 10.1 Å². The summed E-state index contributed by atoms with van der Waals surface area (Å²) >= 11 is 0. The number of carbonyl (C=O) groups excluding carboxylic acids is 1. The molecule has 1 aliphatic heterocycles. The Labute approximate surface area is 154 Å². The van der Waals surface area contributed by atoms with E-state index in [1.807, 2.05) is 0 Å². The molecule has 1 aromatic heterocycles. The third kappa shape index (κ3) is 3.33. The van der Waals surface area contributed by atoms with Gasteiger partial charge < -0.3 is 14.8 Å². The van der Waals surface area contributed by atoms with E-state index in [-0.39, 0.29) is 17.5 Å². The summed E-state index contributed by atoms with van der Waals surface area (Å²) in [5, 5.41) is 18.6. The number of methoxy groups -OCH3 is 1. The summed E-state index contributed by atoms with van der Waals surface area (Å²) in [4.78, 5) is 27.7. The van der Waals surface area contributed by atoms with Crippen molar-refractivity contribution in [1.29, 1.82) is 0 Å². The van der Waals surface area contributed by atoms with Gasteiger partial charge in [0, 0.05) is 11.8 Å². The second kappa shape index (κ2) is 7.06. The molecule has 0 fully saturated rings. The molecule has 0 amide bonds. The normalized spacial score (nSPS) is 16.0. The molecule has 142 valence electrons. The first-order valence-corrected chi connectivity index (χ1v) is 8.24. The average Bonchev–Trinajstić information content (AvgIpc) is 3.07. The highest BCUT2D eigenvalue weighted by molar-refractivity contribution is 5.92. The van der Waals surface area contributed by atoms with Crippen LogP contribution in [-0.2, 0) is 9.53 Å². The molecule has 2 aromatic rings. The predicted molar refractivity (Wildman–Crippen MR) is 95.4 cm³/mol. The lowest BCUT2D eigenvalue weighted by atomic mass is 9.95. The monoisotopic (exact) mass is 373 g/mol. The quantitative estimate of drug-likeness (QED) is 0.482. The number of nitro groups is 1. The first-order chi connectivity index (χ1) is 12.8. The van der Waals surface area contributed by atoms with Crippen molar-refractivity contribution < 1.29 is 19.2 Å². The Morgan fingerprint density at radius 1 is 1.41 bits per heavy atom. The predicted octanol–water partition coefficient (Wildman–Crippen LogP) is 2.44. The van der Waals surface area contributed by atoms with Crippen molar-refractivity contribution in [1.82, 2.24) is 14.8 Å². The lowest BCUT2D eigenvalue weighted by Crippen LogP contribution is -2.30. The van der Waals surface area contributed by atoms with Crippen LogP contribution in [0.25, 0.3) is 0 Å². The van der Waals surface area contributed by atoms with Crippen molar-refractivity contribution in [2.75, 3.05) is 12.4 Å². The Kier molecular flexibility index (Phi) is 4.80. The lowest BCUT2D eigenvalue weighted by molar-refractivity contribution is -0.385. The van der Waals surface area contributed by atoms with E-state index in [0.29, 0.717) is 22.8 Å². The van der Waals surface area contributed by atoms with Crippen LogP contribution >= 0.6 is 0 Å². The molecule has 10 heteroatoms. The number of esters is 1. The van der Waals surface area contributed by atoms with Crippen molar-refractivity contribution in [2.45, 2.75) is 32.9 Å². The first kappa shape index (κ1) is 18.4. The minimum atomic E-state index is -0.723. The number of allylic oxidation sites excluding steroid dienone is 1. The number of anilines is 1. The van der Waals surface area contributed by atoms with Crippen LogP contribution < -0.4 is 10.1 Å². The maximum atomic E-state index is 12.7. The molecule has 0 saturated heterocycles. The van der Waals surface area contributed by atoms with Crippen molar-refractivity contribution >= 4 is 17.6 Å². The van der Waals surface area contributed by atoms with Crippen LogP contribution in [0.2, 0.25) is 0 Å². The third-order valence-electron chi connectivity index (χ3n) is 4.07. The zero-order chi connectivity index (χ0) is 19.7. The average molecular weight is 373 g/mol. The number of hydrogen-bond donors (Lipinski definition) is 1. The molecule has 0 spiro atoms. The van der Waals surface area contributed by atoms with Gasteiger partial charge in [-0.2, -0.15) is 10.1 Å². The third-order valence-corrected chi connectivity index (χ3v) is 4.07. The number of hydrogen-bond acceptors (Lipinski definition) is 8. The van der Waals surface area contributed by atoms with Crippen molar-refractivity contribution in [3.63, 3.8) is 0 Å². The second-order valence-corrected chi connectivity index (χ2v) is 6.24. The number of benzene rings is 1. The molecule has 1 atom stereocenters. The van der Waals surface area contributed by atoms with E-state index in [1.54, 1.807) is 26.8 Å². The summed E-state index contributed by atoms with van der Waals surface area (Å²) in [7, 11) is 1.36. The van der Waals surface area contributed by atoms with Crippen LogP contribution in [0.15, 0.2) is 35.8 Å². The van der Waals surface area contributed by atoms with Crippen molar-refractivity contribution in [3.05, 3.63) is 51.5 Å². The van der Waals surface area contributed by atoms with Gasteiger partial charge in [0.25, 0.3) is 0 Å².